The molecule has 2 heterocycles. The number of halogens is 1. The average Bonchev–Trinajstić information content (AvgIpc) is 2.00. The van der Waals surface area contributed by atoms with Gasteiger partial charge in [-0.05, 0) is 0 Å². The maximum absolute atomic E-state index is 12.8. The molecule has 8 heteroatoms. The third kappa shape index (κ3) is 0.843. The smallest absolute Gasteiger partial charge is 0.361 e. The summed E-state index contributed by atoms with van der Waals surface area (Å²) in [6.45, 7) is 0. The van der Waals surface area contributed by atoms with Gasteiger partial charge in [0, 0.05) is 6.07 Å². The lowest BCUT2D eigenvalue weighted by Gasteiger charge is -2.16. The van der Waals surface area contributed by atoms with Crippen LogP contribution in [0.4, 0.5) is 15.8 Å². The van der Waals surface area contributed by atoms with Crippen molar-refractivity contribution in [3.8, 4) is 11.5 Å². The summed E-state index contributed by atoms with van der Waals surface area (Å²) >= 11 is 0. The van der Waals surface area contributed by atoms with E-state index in [1.165, 1.54) is 0 Å². The fourth-order valence-electron chi connectivity index (χ4n) is 1.17. The van der Waals surface area contributed by atoms with Crippen LogP contribution >= 0.6 is 0 Å². The lowest BCUT2D eigenvalue weighted by Crippen LogP contribution is -2.09. The van der Waals surface area contributed by atoms with E-state index in [9.17, 15) is 24.6 Å². The van der Waals surface area contributed by atoms with Crippen LogP contribution in [-0.4, -0.2) is 9.85 Å². The van der Waals surface area contributed by atoms with Crippen molar-refractivity contribution in [1.29, 1.82) is 0 Å². The number of fused-ring (bicyclic) bond motifs is 2. The molecule has 7 nitrogen and oxygen atoms in total. The van der Waals surface area contributed by atoms with Crippen molar-refractivity contribution in [2.45, 2.75) is 0 Å². The number of ether oxygens (including phenoxy) is 1. The zero-order valence-corrected chi connectivity index (χ0v) is 6.39. The second kappa shape index (κ2) is 2.37. The molecule has 2 bridgehead atoms. The van der Waals surface area contributed by atoms with Crippen LogP contribution in [0.15, 0.2) is 6.07 Å². The Morgan fingerprint density at radius 1 is 1.21 bits per heavy atom. The topological polar surface area (TPSA) is 95.5 Å². The summed E-state index contributed by atoms with van der Waals surface area (Å²) in [7, 11) is 0. The lowest BCUT2D eigenvalue weighted by molar-refractivity contribution is -0.401. The minimum Gasteiger partial charge on any atom is -0.436 e. The molecule has 72 valence electrons. The Bertz CT molecular complexity index is 471. The van der Waals surface area contributed by atoms with Gasteiger partial charge < -0.3 is 4.74 Å². The third-order valence-corrected chi connectivity index (χ3v) is 1.72. The molecule has 0 spiro atoms. The van der Waals surface area contributed by atoms with Gasteiger partial charge in [-0.2, -0.15) is 4.39 Å². The standard InChI is InChI=1S/C6HFN2O5/c7-2-1-3-5(9(12)13)6(14-3)4(2)8(10)11/h1H. The molecule has 0 aliphatic carbocycles. The molecule has 0 N–H and O–H groups in total. The highest BCUT2D eigenvalue weighted by molar-refractivity contribution is 5.75. The van der Waals surface area contributed by atoms with E-state index in [1.54, 1.807) is 0 Å². The van der Waals surface area contributed by atoms with Crippen LogP contribution in [0.3, 0.4) is 0 Å². The van der Waals surface area contributed by atoms with Crippen molar-refractivity contribution in [2.75, 3.05) is 0 Å². The van der Waals surface area contributed by atoms with E-state index in [2.05, 4.69) is 4.74 Å². The molecule has 0 saturated carbocycles. The number of nitro groups is 2. The van der Waals surface area contributed by atoms with Crippen LogP contribution in [0, 0.1) is 26.0 Å². The Kier molecular flexibility index (Phi) is 1.42. The minimum absolute atomic E-state index is 0.284. The predicted octanol–water partition coefficient (Wildman–Crippen LogP) is 1.75. The molecule has 0 aromatic heterocycles. The maximum atomic E-state index is 12.8. The van der Waals surface area contributed by atoms with E-state index >= 15 is 0 Å². The summed E-state index contributed by atoms with van der Waals surface area (Å²) in [5.74, 6) is -2.03. The van der Waals surface area contributed by atoms with E-state index < -0.39 is 32.8 Å². The number of hydrogen-bond donors (Lipinski definition) is 0. The van der Waals surface area contributed by atoms with E-state index in [4.69, 9.17) is 0 Å². The first-order chi connectivity index (χ1) is 6.52. The Morgan fingerprint density at radius 3 is 2.29 bits per heavy atom. The number of rotatable bonds is 2. The van der Waals surface area contributed by atoms with Gasteiger partial charge in [0.05, 0.1) is 9.85 Å². The molecule has 0 amide bonds. The monoisotopic (exact) mass is 200 g/mol. The highest BCUT2D eigenvalue weighted by Gasteiger charge is 2.44. The Balaban J connectivity index is 2.69. The SMILES string of the molecule is O=[N+]([O-])c1c(F)cc2c([N+](=O)[O-])c1O2. The van der Waals surface area contributed by atoms with E-state index in [0.29, 0.717) is 6.07 Å². The predicted molar refractivity (Wildman–Crippen MR) is 39.8 cm³/mol. The quantitative estimate of drug-likeness (QED) is 0.543. The second-order valence-corrected chi connectivity index (χ2v) is 2.50. The zero-order chi connectivity index (χ0) is 10.5. The molecule has 0 fully saturated rings. The van der Waals surface area contributed by atoms with E-state index in [1.807, 2.05) is 0 Å². The van der Waals surface area contributed by atoms with Gasteiger partial charge in [0.25, 0.3) is 5.75 Å². The van der Waals surface area contributed by atoms with Crippen LogP contribution in [0.2, 0.25) is 0 Å². The first kappa shape index (κ1) is 8.35. The summed E-state index contributed by atoms with van der Waals surface area (Å²) < 4.78 is 17.4. The van der Waals surface area contributed by atoms with Gasteiger partial charge >= 0.3 is 11.4 Å². The van der Waals surface area contributed by atoms with Crippen LogP contribution in [0.25, 0.3) is 0 Å². The normalized spacial score (nSPS) is 11.5. The van der Waals surface area contributed by atoms with Crippen molar-refractivity contribution in [3.05, 3.63) is 32.1 Å². The molecule has 3 rings (SSSR count). The largest absolute Gasteiger partial charge is 0.436 e. The van der Waals surface area contributed by atoms with Crippen molar-refractivity contribution in [2.24, 2.45) is 0 Å². The highest BCUT2D eigenvalue weighted by Crippen LogP contribution is 2.55. The van der Waals surface area contributed by atoms with Crippen LogP contribution in [0.5, 0.6) is 11.5 Å². The van der Waals surface area contributed by atoms with Gasteiger partial charge in [0.2, 0.25) is 11.6 Å². The maximum Gasteiger partial charge on any atom is 0.361 e. The Hall–Kier alpha value is -2.25. The summed E-state index contributed by atoms with van der Waals surface area (Å²) in [5, 5.41) is 20.6. The molecule has 1 aromatic rings. The molecule has 0 atom stereocenters. The Morgan fingerprint density at radius 2 is 1.79 bits per heavy atom. The first-order valence-electron chi connectivity index (χ1n) is 3.35. The fraction of sp³-hybridized carbons (Fsp3) is 0. The van der Waals surface area contributed by atoms with Crippen LogP contribution < -0.4 is 4.74 Å². The van der Waals surface area contributed by atoms with E-state index in [0.717, 1.165) is 0 Å². The molecule has 0 radical (unpaired) electrons. The summed E-state index contributed by atoms with van der Waals surface area (Å²) in [4.78, 5) is 18.7. The molecule has 0 unspecified atom stereocenters. The molecule has 14 heavy (non-hydrogen) atoms. The van der Waals surface area contributed by atoms with Crippen molar-refractivity contribution >= 4 is 11.4 Å². The van der Waals surface area contributed by atoms with E-state index in [-0.39, 0.29) is 5.75 Å². The first-order valence-corrected chi connectivity index (χ1v) is 3.35. The zero-order valence-electron chi connectivity index (χ0n) is 6.39. The summed E-state index contributed by atoms with van der Waals surface area (Å²) in [5.41, 5.74) is -1.54. The van der Waals surface area contributed by atoms with Crippen molar-refractivity contribution in [1.82, 2.24) is 0 Å². The molecular formula is C6HFN2O5. The number of hydrogen-bond acceptors (Lipinski definition) is 5. The average molecular weight is 200 g/mol. The van der Waals surface area contributed by atoms with Crippen molar-refractivity contribution < 1.29 is 19.0 Å². The van der Waals surface area contributed by atoms with Gasteiger partial charge in [-0.3, -0.25) is 20.2 Å². The summed E-state index contributed by atoms with van der Waals surface area (Å²) in [6.07, 6.45) is 0. The second-order valence-electron chi connectivity index (χ2n) is 2.50. The number of nitrogens with zero attached hydrogens (tertiary/aromatic N) is 2. The number of benzene rings is 1. The van der Waals surface area contributed by atoms with Gasteiger partial charge in [-0.25, -0.2) is 0 Å². The van der Waals surface area contributed by atoms with Crippen LogP contribution in [-0.2, 0) is 0 Å². The summed E-state index contributed by atoms with van der Waals surface area (Å²) in [6, 6.07) is 0.628. The fourth-order valence-corrected chi connectivity index (χ4v) is 1.17. The van der Waals surface area contributed by atoms with Gasteiger partial charge in [0.1, 0.15) is 0 Å². The molecule has 1 aromatic carbocycles. The third-order valence-electron chi connectivity index (χ3n) is 1.72. The van der Waals surface area contributed by atoms with Crippen LogP contribution in [0.1, 0.15) is 0 Å². The Labute approximate surface area is 75.0 Å². The molecule has 0 saturated heterocycles. The molecule has 2 aliphatic heterocycles. The van der Waals surface area contributed by atoms with Gasteiger partial charge in [0.15, 0.2) is 0 Å². The highest BCUT2D eigenvalue weighted by atomic mass is 19.1. The van der Waals surface area contributed by atoms with Gasteiger partial charge in [-0.15, -0.1) is 0 Å². The minimum atomic E-state index is -1.13. The van der Waals surface area contributed by atoms with Crippen molar-refractivity contribution in [3.63, 3.8) is 0 Å². The molecular weight excluding hydrogens is 199 g/mol. The number of nitro benzene ring substituents is 2. The van der Waals surface area contributed by atoms with Gasteiger partial charge in [-0.1, -0.05) is 0 Å². The molecule has 2 aliphatic rings. The lowest BCUT2D eigenvalue weighted by atomic mass is 10.1.